The Morgan fingerprint density at radius 2 is 1.97 bits per heavy atom. The van der Waals surface area contributed by atoms with Crippen molar-refractivity contribution in [1.29, 1.82) is 0 Å². The van der Waals surface area contributed by atoms with Gasteiger partial charge in [0.2, 0.25) is 0 Å². The molecule has 0 aliphatic carbocycles. The number of amides is 4. The van der Waals surface area contributed by atoms with E-state index in [1.165, 1.54) is 22.3 Å². The minimum Gasteiger partial charge on any atom is -0.481 e. The molecule has 34 heavy (non-hydrogen) atoms. The van der Waals surface area contributed by atoms with E-state index in [2.05, 4.69) is 10.3 Å². The smallest absolute Gasteiger partial charge is 0.325 e. The molecule has 4 heterocycles. The molecule has 0 bridgehead atoms. The van der Waals surface area contributed by atoms with Crippen molar-refractivity contribution in [1.82, 2.24) is 20.1 Å². The zero-order chi connectivity index (χ0) is 24.7. The fraction of sp³-hybridized carbons (Fsp3) is 0.625. The molecule has 0 unspecified atom stereocenters. The Bertz CT molecular complexity index is 1040. The van der Waals surface area contributed by atoms with E-state index in [1.807, 2.05) is 13.8 Å². The summed E-state index contributed by atoms with van der Waals surface area (Å²) in [7, 11) is 0. The first kappa shape index (κ1) is 24.4. The molecule has 1 N–H and O–H groups in total. The van der Waals surface area contributed by atoms with Gasteiger partial charge < -0.3 is 15.0 Å². The number of thiazole rings is 1. The van der Waals surface area contributed by atoms with E-state index in [1.54, 1.807) is 24.3 Å². The van der Waals surface area contributed by atoms with Crippen molar-refractivity contribution < 1.29 is 23.9 Å². The normalized spacial score (nSPS) is 25.3. The van der Waals surface area contributed by atoms with Crippen molar-refractivity contribution >= 4 is 35.0 Å². The number of hydrogen-bond acceptors (Lipinski definition) is 7. The molecule has 3 aliphatic rings. The van der Waals surface area contributed by atoms with Crippen LogP contribution in [0, 0.1) is 12.8 Å². The Balaban J connectivity index is 1.41. The van der Waals surface area contributed by atoms with E-state index in [4.69, 9.17) is 4.74 Å². The third-order valence-corrected chi connectivity index (χ3v) is 8.13. The van der Waals surface area contributed by atoms with E-state index in [0.717, 1.165) is 10.6 Å². The molecule has 2 saturated heterocycles. The first-order valence-corrected chi connectivity index (χ1v) is 12.7. The molecule has 1 aromatic heterocycles. The van der Waals surface area contributed by atoms with Crippen LogP contribution in [-0.2, 0) is 25.5 Å². The molecule has 9 nitrogen and oxygen atoms in total. The third-order valence-electron chi connectivity index (χ3n) is 7.14. The van der Waals surface area contributed by atoms with E-state index >= 15 is 0 Å². The van der Waals surface area contributed by atoms with Gasteiger partial charge in [0.25, 0.3) is 11.8 Å². The highest BCUT2D eigenvalue weighted by molar-refractivity contribution is 7.09. The van der Waals surface area contributed by atoms with Gasteiger partial charge in [0, 0.05) is 43.4 Å². The Labute approximate surface area is 203 Å². The van der Waals surface area contributed by atoms with Crippen LogP contribution < -0.4 is 5.32 Å². The number of imide groups is 1. The number of hydrogen-bond donors (Lipinski definition) is 1. The van der Waals surface area contributed by atoms with Gasteiger partial charge in [0.05, 0.1) is 11.2 Å². The molecule has 0 saturated carbocycles. The summed E-state index contributed by atoms with van der Waals surface area (Å²) >= 11 is 1.53. The van der Waals surface area contributed by atoms with Crippen molar-refractivity contribution in [2.24, 2.45) is 5.92 Å². The molecule has 3 aliphatic heterocycles. The summed E-state index contributed by atoms with van der Waals surface area (Å²) in [4.78, 5) is 59.6. The summed E-state index contributed by atoms with van der Waals surface area (Å²) < 4.78 is 5.77. The zero-order valence-electron chi connectivity index (χ0n) is 20.2. The fourth-order valence-electron chi connectivity index (χ4n) is 5.25. The quantitative estimate of drug-likeness (QED) is 0.617. The molecule has 1 aromatic rings. The second-order valence-electron chi connectivity index (χ2n) is 9.90. The predicted molar refractivity (Wildman–Crippen MR) is 126 cm³/mol. The lowest BCUT2D eigenvalue weighted by Crippen LogP contribution is -2.56. The molecule has 1 atom stereocenters. The summed E-state index contributed by atoms with van der Waals surface area (Å²) in [5, 5.41) is 3.00. The summed E-state index contributed by atoms with van der Waals surface area (Å²) in [5.41, 5.74) is 1.04. The van der Waals surface area contributed by atoms with Crippen LogP contribution in [0.15, 0.2) is 17.3 Å². The van der Waals surface area contributed by atoms with Crippen LogP contribution in [0.2, 0.25) is 0 Å². The third kappa shape index (κ3) is 4.47. The lowest BCUT2D eigenvalue weighted by atomic mass is 9.75. The van der Waals surface area contributed by atoms with Crippen molar-refractivity contribution in [3.8, 4) is 0 Å². The molecule has 0 aromatic carbocycles. The zero-order valence-corrected chi connectivity index (χ0v) is 21.0. The van der Waals surface area contributed by atoms with Crippen LogP contribution in [0.4, 0.5) is 4.79 Å². The fourth-order valence-corrected chi connectivity index (χ4v) is 6.02. The number of aryl methyl sites for hydroxylation is 1. The molecule has 4 amide bonds. The van der Waals surface area contributed by atoms with Crippen LogP contribution in [0.25, 0.3) is 0 Å². The molecular weight excluding hydrogens is 456 g/mol. The Morgan fingerprint density at radius 1 is 1.26 bits per heavy atom. The predicted octanol–water partition coefficient (Wildman–Crippen LogP) is 2.59. The number of carbonyl (C=O) groups excluding carboxylic acids is 4. The number of piperidine rings is 1. The minimum absolute atomic E-state index is 0.0764. The van der Waals surface area contributed by atoms with Gasteiger partial charge in [-0.1, -0.05) is 6.92 Å². The number of rotatable bonds is 6. The number of aromatic nitrogens is 1. The molecular formula is C24H32N4O5S. The first-order chi connectivity index (χ1) is 16.1. The number of nitrogens with one attached hydrogen (secondary N) is 1. The highest BCUT2D eigenvalue weighted by Gasteiger charge is 2.55. The van der Waals surface area contributed by atoms with Crippen molar-refractivity contribution in [2.45, 2.75) is 70.9 Å². The van der Waals surface area contributed by atoms with Crippen LogP contribution in [0.3, 0.4) is 0 Å². The number of allylic oxidation sites excluding steroid dienone is 1. The maximum atomic E-state index is 13.5. The Hall–Kier alpha value is -2.75. The van der Waals surface area contributed by atoms with Gasteiger partial charge in [0.15, 0.2) is 11.5 Å². The summed E-state index contributed by atoms with van der Waals surface area (Å²) in [6.45, 7) is 8.61. The van der Waals surface area contributed by atoms with Gasteiger partial charge in [-0.05, 0) is 46.0 Å². The lowest BCUT2D eigenvalue weighted by Gasteiger charge is -2.41. The number of ether oxygens (including phenoxy) is 1. The monoisotopic (exact) mass is 488 g/mol. The Kier molecular flexibility index (Phi) is 6.54. The van der Waals surface area contributed by atoms with Gasteiger partial charge >= 0.3 is 6.03 Å². The minimum atomic E-state index is -0.951. The molecule has 4 rings (SSSR count). The standard InChI is InChI=1S/C24H32N4O5S/c1-5-24(21(31)28(22(32)26-24)11-8-19-15(2)25-14-34-19)16-6-9-27(10-7-16)20(30)18-12-17(29)13-23(3,4)33-18/h12,14,16H,5-11,13H2,1-4H3,(H,26,32)/t24-/m1/s1. The highest BCUT2D eigenvalue weighted by Crippen LogP contribution is 2.37. The first-order valence-electron chi connectivity index (χ1n) is 11.8. The lowest BCUT2D eigenvalue weighted by molar-refractivity contribution is -0.140. The van der Waals surface area contributed by atoms with Gasteiger partial charge in [-0.3, -0.25) is 19.3 Å². The Morgan fingerprint density at radius 3 is 2.56 bits per heavy atom. The van der Waals surface area contributed by atoms with Crippen LogP contribution in [0.5, 0.6) is 0 Å². The van der Waals surface area contributed by atoms with Gasteiger partial charge in [-0.2, -0.15) is 0 Å². The maximum Gasteiger partial charge on any atom is 0.325 e. The molecule has 184 valence electrons. The van der Waals surface area contributed by atoms with Crippen molar-refractivity contribution in [2.75, 3.05) is 19.6 Å². The molecule has 0 radical (unpaired) electrons. The molecule has 10 heteroatoms. The SMILES string of the molecule is CC[C@]1(C2CCN(C(=O)C3=CC(=O)CC(C)(C)O3)CC2)NC(=O)N(CCc2scnc2C)C1=O. The summed E-state index contributed by atoms with van der Waals surface area (Å²) in [6, 6.07) is -0.353. The van der Waals surface area contributed by atoms with E-state index < -0.39 is 11.1 Å². The number of nitrogens with zero attached hydrogens (tertiary/aromatic N) is 3. The highest BCUT2D eigenvalue weighted by atomic mass is 32.1. The molecule has 0 spiro atoms. The largest absolute Gasteiger partial charge is 0.481 e. The number of ketones is 1. The molecule has 2 fully saturated rings. The van der Waals surface area contributed by atoms with Crippen LogP contribution in [-0.4, -0.2) is 69.2 Å². The number of urea groups is 1. The number of likely N-dealkylation sites (tertiary alicyclic amines) is 1. The van der Waals surface area contributed by atoms with Crippen LogP contribution >= 0.6 is 11.3 Å². The van der Waals surface area contributed by atoms with E-state index in [9.17, 15) is 19.2 Å². The van der Waals surface area contributed by atoms with Gasteiger partial charge in [-0.15, -0.1) is 11.3 Å². The van der Waals surface area contributed by atoms with Gasteiger partial charge in [0.1, 0.15) is 11.1 Å². The second-order valence-corrected chi connectivity index (χ2v) is 10.8. The average molecular weight is 489 g/mol. The van der Waals surface area contributed by atoms with Crippen molar-refractivity contribution in [3.63, 3.8) is 0 Å². The summed E-state index contributed by atoms with van der Waals surface area (Å²) in [5.74, 6) is -0.592. The van der Waals surface area contributed by atoms with E-state index in [-0.39, 0.29) is 41.7 Å². The van der Waals surface area contributed by atoms with E-state index in [0.29, 0.717) is 45.3 Å². The maximum absolute atomic E-state index is 13.5. The summed E-state index contributed by atoms with van der Waals surface area (Å²) in [6.07, 6.45) is 3.77. The topological polar surface area (TPSA) is 109 Å². The van der Waals surface area contributed by atoms with Crippen LogP contribution in [0.1, 0.15) is 57.0 Å². The second kappa shape index (κ2) is 9.13. The average Bonchev–Trinajstić information content (AvgIpc) is 3.30. The van der Waals surface area contributed by atoms with Gasteiger partial charge in [-0.25, -0.2) is 9.78 Å². The number of carbonyl (C=O) groups is 4. The van der Waals surface area contributed by atoms with Crippen molar-refractivity contribution in [3.05, 3.63) is 27.9 Å².